The molecule has 0 aliphatic rings. The molecule has 0 atom stereocenters. The number of carbonyl (C=O) groups is 2. The zero-order valence-electron chi connectivity index (χ0n) is 16.1. The molecule has 3 amide bonds. The molecule has 0 saturated carbocycles. The van der Waals surface area contributed by atoms with Crippen molar-refractivity contribution in [3.63, 3.8) is 0 Å². The maximum Gasteiger partial charge on any atom is 0.323 e. The van der Waals surface area contributed by atoms with E-state index >= 15 is 0 Å². The third-order valence-corrected chi connectivity index (χ3v) is 4.46. The first-order chi connectivity index (χ1) is 14.7. The number of amides is 3. The lowest BCUT2D eigenvalue weighted by molar-refractivity contribution is 0.102. The molecule has 0 fully saturated rings. The van der Waals surface area contributed by atoms with Gasteiger partial charge in [0.05, 0.1) is 0 Å². The van der Waals surface area contributed by atoms with E-state index in [0.717, 1.165) is 5.69 Å². The summed E-state index contributed by atoms with van der Waals surface area (Å²) in [4.78, 5) is 24.5. The number of rotatable bonds is 5. The van der Waals surface area contributed by atoms with E-state index in [0.29, 0.717) is 22.6 Å². The van der Waals surface area contributed by atoms with Crippen molar-refractivity contribution in [3.8, 4) is 5.69 Å². The fraction of sp³-hybridized carbons (Fsp3) is 0. The van der Waals surface area contributed by atoms with Crippen LogP contribution in [0.3, 0.4) is 0 Å². The van der Waals surface area contributed by atoms with Crippen LogP contribution in [-0.2, 0) is 0 Å². The van der Waals surface area contributed by atoms with E-state index in [4.69, 9.17) is 0 Å². The fourth-order valence-electron chi connectivity index (χ4n) is 2.95. The molecule has 0 radical (unpaired) electrons. The molecule has 0 aliphatic heterocycles. The lowest BCUT2D eigenvalue weighted by Gasteiger charge is -2.10. The Balaban J connectivity index is 1.34. The van der Waals surface area contributed by atoms with Crippen LogP contribution in [0.1, 0.15) is 10.4 Å². The van der Waals surface area contributed by atoms with Crippen LogP contribution in [0, 0.1) is 0 Å². The highest BCUT2D eigenvalue weighted by atomic mass is 16.2. The minimum Gasteiger partial charge on any atom is -0.324 e. The fourth-order valence-corrected chi connectivity index (χ4v) is 2.95. The van der Waals surface area contributed by atoms with Crippen molar-refractivity contribution in [2.24, 2.45) is 0 Å². The first kappa shape index (κ1) is 19.0. The van der Waals surface area contributed by atoms with E-state index in [-0.39, 0.29) is 11.9 Å². The highest BCUT2D eigenvalue weighted by molar-refractivity contribution is 6.04. The SMILES string of the molecule is O=C(Nc1ccccc1)Nc1ccc(NC(=O)c2ccc(-n3cccc3)cc2)cc1. The highest BCUT2D eigenvalue weighted by Gasteiger charge is 2.07. The number of urea groups is 1. The summed E-state index contributed by atoms with van der Waals surface area (Å²) in [5.41, 5.74) is 3.53. The lowest BCUT2D eigenvalue weighted by atomic mass is 10.2. The van der Waals surface area contributed by atoms with Crippen molar-refractivity contribution in [1.82, 2.24) is 4.57 Å². The number of nitrogens with one attached hydrogen (secondary N) is 3. The lowest BCUT2D eigenvalue weighted by Crippen LogP contribution is -2.19. The van der Waals surface area contributed by atoms with Crippen LogP contribution < -0.4 is 16.0 Å². The Bertz CT molecular complexity index is 1120. The quantitative estimate of drug-likeness (QED) is 0.424. The molecule has 148 valence electrons. The Labute approximate surface area is 174 Å². The molecule has 0 aliphatic carbocycles. The molecule has 3 N–H and O–H groups in total. The van der Waals surface area contributed by atoms with Gasteiger partial charge in [-0.3, -0.25) is 4.79 Å². The Morgan fingerprint density at radius 3 is 1.70 bits per heavy atom. The van der Waals surface area contributed by atoms with Gasteiger partial charge in [-0.1, -0.05) is 18.2 Å². The van der Waals surface area contributed by atoms with Crippen LogP contribution in [0.15, 0.2) is 103 Å². The van der Waals surface area contributed by atoms with Gasteiger partial charge in [0.15, 0.2) is 0 Å². The van der Waals surface area contributed by atoms with Gasteiger partial charge < -0.3 is 20.5 Å². The Kier molecular flexibility index (Phi) is 5.57. The monoisotopic (exact) mass is 396 g/mol. The van der Waals surface area contributed by atoms with Gasteiger partial charge in [0.1, 0.15) is 0 Å². The molecule has 3 aromatic carbocycles. The van der Waals surface area contributed by atoms with Crippen LogP contribution in [0.4, 0.5) is 21.9 Å². The molecule has 0 spiro atoms. The minimum atomic E-state index is -0.333. The molecule has 4 aromatic rings. The number of nitrogens with zero attached hydrogens (tertiary/aromatic N) is 1. The smallest absolute Gasteiger partial charge is 0.323 e. The van der Waals surface area contributed by atoms with E-state index in [2.05, 4.69) is 16.0 Å². The zero-order chi connectivity index (χ0) is 20.8. The van der Waals surface area contributed by atoms with Crippen molar-refractivity contribution in [2.45, 2.75) is 0 Å². The first-order valence-electron chi connectivity index (χ1n) is 9.45. The van der Waals surface area contributed by atoms with Crippen molar-refractivity contribution >= 4 is 29.0 Å². The zero-order valence-corrected chi connectivity index (χ0v) is 16.1. The van der Waals surface area contributed by atoms with Crippen LogP contribution in [-0.4, -0.2) is 16.5 Å². The number of para-hydroxylation sites is 1. The van der Waals surface area contributed by atoms with E-state index in [1.54, 1.807) is 36.4 Å². The Morgan fingerprint density at radius 1 is 0.567 bits per heavy atom. The van der Waals surface area contributed by atoms with Gasteiger partial charge in [0.25, 0.3) is 5.91 Å². The molecular formula is C24H20N4O2. The van der Waals surface area contributed by atoms with Crippen LogP contribution in [0.25, 0.3) is 5.69 Å². The van der Waals surface area contributed by atoms with Gasteiger partial charge in [0, 0.05) is 40.7 Å². The third kappa shape index (κ3) is 4.74. The summed E-state index contributed by atoms with van der Waals surface area (Å²) >= 11 is 0. The predicted octanol–water partition coefficient (Wildman–Crippen LogP) is 5.37. The molecule has 0 saturated heterocycles. The molecule has 0 unspecified atom stereocenters. The molecule has 1 heterocycles. The minimum absolute atomic E-state index is 0.198. The third-order valence-electron chi connectivity index (χ3n) is 4.46. The number of benzene rings is 3. The van der Waals surface area contributed by atoms with Crippen LogP contribution in [0.5, 0.6) is 0 Å². The van der Waals surface area contributed by atoms with E-state index < -0.39 is 0 Å². The standard InChI is InChI=1S/C24H20N4O2/c29-23(18-8-14-22(15-9-18)28-16-4-5-17-28)25-20-10-12-21(13-11-20)27-24(30)26-19-6-2-1-3-7-19/h1-17H,(H,25,29)(H2,26,27,30). The van der Waals surface area contributed by atoms with Gasteiger partial charge in [-0.15, -0.1) is 0 Å². The molecule has 6 heteroatoms. The number of anilines is 3. The number of hydrogen-bond donors (Lipinski definition) is 3. The molecule has 1 aromatic heterocycles. The molecule has 30 heavy (non-hydrogen) atoms. The summed E-state index contributed by atoms with van der Waals surface area (Å²) in [7, 11) is 0. The second-order valence-electron chi connectivity index (χ2n) is 6.61. The molecule has 6 nitrogen and oxygen atoms in total. The first-order valence-corrected chi connectivity index (χ1v) is 9.45. The van der Waals surface area contributed by atoms with Crippen molar-refractivity contribution in [3.05, 3.63) is 109 Å². The predicted molar refractivity (Wildman–Crippen MR) is 119 cm³/mol. The normalized spacial score (nSPS) is 10.3. The van der Waals surface area contributed by atoms with Crippen molar-refractivity contribution < 1.29 is 9.59 Å². The summed E-state index contributed by atoms with van der Waals surface area (Å²) in [6.07, 6.45) is 3.90. The highest BCUT2D eigenvalue weighted by Crippen LogP contribution is 2.16. The molecule has 0 bridgehead atoms. The average molecular weight is 396 g/mol. The van der Waals surface area contributed by atoms with E-state index in [1.807, 2.05) is 71.6 Å². The van der Waals surface area contributed by atoms with E-state index in [1.165, 1.54) is 0 Å². The van der Waals surface area contributed by atoms with Gasteiger partial charge in [0.2, 0.25) is 0 Å². The average Bonchev–Trinajstić information content (AvgIpc) is 3.31. The van der Waals surface area contributed by atoms with Crippen LogP contribution in [0.2, 0.25) is 0 Å². The number of aromatic nitrogens is 1. The second-order valence-corrected chi connectivity index (χ2v) is 6.61. The molecule has 4 rings (SSSR count). The Hall–Kier alpha value is -4.32. The summed E-state index contributed by atoms with van der Waals surface area (Å²) in [6, 6.07) is 27.1. The summed E-state index contributed by atoms with van der Waals surface area (Å²) < 4.78 is 1.97. The van der Waals surface area contributed by atoms with Crippen molar-refractivity contribution in [1.29, 1.82) is 0 Å². The van der Waals surface area contributed by atoms with Gasteiger partial charge in [-0.25, -0.2) is 4.79 Å². The van der Waals surface area contributed by atoms with Gasteiger partial charge in [-0.2, -0.15) is 0 Å². The van der Waals surface area contributed by atoms with Crippen LogP contribution >= 0.6 is 0 Å². The van der Waals surface area contributed by atoms with Gasteiger partial charge >= 0.3 is 6.03 Å². The topological polar surface area (TPSA) is 75.2 Å². The maximum absolute atomic E-state index is 12.5. The Morgan fingerprint density at radius 2 is 1.10 bits per heavy atom. The second kappa shape index (κ2) is 8.79. The summed E-state index contributed by atoms with van der Waals surface area (Å²) in [5, 5.41) is 8.37. The summed E-state index contributed by atoms with van der Waals surface area (Å²) in [5.74, 6) is -0.198. The summed E-state index contributed by atoms with van der Waals surface area (Å²) in [6.45, 7) is 0. The van der Waals surface area contributed by atoms with Crippen molar-refractivity contribution in [2.75, 3.05) is 16.0 Å². The maximum atomic E-state index is 12.5. The van der Waals surface area contributed by atoms with Gasteiger partial charge in [-0.05, 0) is 72.8 Å². The van der Waals surface area contributed by atoms with E-state index in [9.17, 15) is 9.59 Å². The largest absolute Gasteiger partial charge is 0.324 e. The number of carbonyl (C=O) groups excluding carboxylic acids is 2. The number of hydrogen-bond acceptors (Lipinski definition) is 2. The molecular weight excluding hydrogens is 376 g/mol.